The minimum Gasteiger partial charge on any atom is -0.436 e. The fourth-order valence-corrected chi connectivity index (χ4v) is 1.62. The number of hydrogen-bond acceptors (Lipinski definition) is 5. The molecular formula is C8H13ClN4O3. The summed E-state index contributed by atoms with van der Waals surface area (Å²) in [6, 6.07) is 0. The number of nitrogens with zero attached hydrogens (tertiary/aromatic N) is 1. The van der Waals surface area contributed by atoms with Gasteiger partial charge in [0.05, 0.1) is 0 Å². The Bertz CT molecular complexity index is 342. The largest absolute Gasteiger partial charge is 0.436 e. The number of guanidine groups is 1. The van der Waals surface area contributed by atoms with Gasteiger partial charge in [-0.15, -0.1) is 0 Å². The standard InChI is InChI=1S/C8H13ClN4O3/c9-5-4(14)8(12,6(15)16-5)2-1-3-13-7(10)11/h5H,1-3,12H2,(H4,10,11,13). The lowest BCUT2D eigenvalue weighted by Gasteiger charge is -2.15. The highest BCUT2D eigenvalue weighted by atomic mass is 35.5. The fourth-order valence-electron chi connectivity index (χ4n) is 1.35. The van der Waals surface area contributed by atoms with Crippen LogP contribution in [-0.2, 0) is 14.3 Å². The van der Waals surface area contributed by atoms with Crippen molar-refractivity contribution in [2.24, 2.45) is 22.2 Å². The van der Waals surface area contributed by atoms with Crippen molar-refractivity contribution < 1.29 is 14.3 Å². The first-order chi connectivity index (χ1) is 7.38. The highest BCUT2D eigenvalue weighted by Crippen LogP contribution is 2.26. The summed E-state index contributed by atoms with van der Waals surface area (Å²) in [4.78, 5) is 26.5. The summed E-state index contributed by atoms with van der Waals surface area (Å²) in [6.07, 6.45) is 0.490. The molecule has 1 fully saturated rings. The van der Waals surface area contributed by atoms with Crippen molar-refractivity contribution in [3.05, 3.63) is 0 Å². The molecule has 0 spiro atoms. The Kier molecular flexibility index (Phi) is 3.71. The highest BCUT2D eigenvalue weighted by molar-refractivity contribution is 6.36. The molecule has 0 bridgehead atoms. The Morgan fingerprint density at radius 2 is 2.12 bits per heavy atom. The second-order valence-electron chi connectivity index (χ2n) is 3.47. The van der Waals surface area contributed by atoms with E-state index in [9.17, 15) is 9.59 Å². The molecule has 6 N–H and O–H groups in total. The number of cyclic esters (lactones) is 1. The van der Waals surface area contributed by atoms with Crippen molar-refractivity contribution in [3.8, 4) is 0 Å². The second-order valence-corrected chi connectivity index (χ2v) is 3.86. The highest BCUT2D eigenvalue weighted by Gasteiger charge is 2.53. The first kappa shape index (κ1) is 12.7. The van der Waals surface area contributed by atoms with Crippen LogP contribution in [0.2, 0.25) is 0 Å². The molecule has 0 amide bonds. The van der Waals surface area contributed by atoms with Crippen LogP contribution in [0.1, 0.15) is 12.8 Å². The minimum absolute atomic E-state index is 0.0541. The number of hydrogen-bond donors (Lipinski definition) is 3. The Labute approximate surface area is 96.9 Å². The van der Waals surface area contributed by atoms with Crippen molar-refractivity contribution in [1.29, 1.82) is 0 Å². The maximum Gasteiger partial charge on any atom is 0.336 e. The van der Waals surface area contributed by atoms with E-state index in [4.69, 9.17) is 28.8 Å². The molecule has 2 unspecified atom stereocenters. The molecule has 2 atom stereocenters. The number of esters is 1. The Hall–Kier alpha value is -1.34. The number of ether oxygens (including phenoxy) is 1. The SMILES string of the molecule is NC(N)=NCCCC1(N)C(=O)OC(Cl)C1=O. The van der Waals surface area contributed by atoms with Gasteiger partial charge in [0.1, 0.15) is 0 Å². The normalized spacial score (nSPS) is 29.0. The van der Waals surface area contributed by atoms with E-state index in [-0.39, 0.29) is 18.9 Å². The van der Waals surface area contributed by atoms with E-state index < -0.39 is 22.9 Å². The van der Waals surface area contributed by atoms with Crippen LogP contribution in [-0.4, -0.2) is 35.4 Å². The van der Waals surface area contributed by atoms with E-state index in [1.807, 2.05) is 0 Å². The summed E-state index contributed by atoms with van der Waals surface area (Å²) < 4.78 is 4.53. The lowest BCUT2D eigenvalue weighted by molar-refractivity contribution is -0.143. The lowest BCUT2D eigenvalue weighted by atomic mass is 9.92. The van der Waals surface area contributed by atoms with Gasteiger partial charge in [-0.25, -0.2) is 4.79 Å². The Morgan fingerprint density at radius 1 is 1.50 bits per heavy atom. The van der Waals surface area contributed by atoms with Gasteiger partial charge in [-0.1, -0.05) is 11.6 Å². The zero-order valence-electron chi connectivity index (χ0n) is 8.48. The van der Waals surface area contributed by atoms with E-state index in [0.29, 0.717) is 6.42 Å². The number of nitrogens with two attached hydrogens (primary N) is 3. The van der Waals surface area contributed by atoms with Crippen LogP contribution < -0.4 is 17.2 Å². The number of carbonyl (C=O) groups excluding carboxylic acids is 2. The number of Topliss-reactive ketones (excluding diaryl/α,β-unsaturated/α-hetero) is 1. The number of alkyl halides is 1. The molecule has 0 aromatic carbocycles. The maximum absolute atomic E-state index is 11.5. The van der Waals surface area contributed by atoms with Gasteiger partial charge in [-0.05, 0) is 12.8 Å². The molecule has 16 heavy (non-hydrogen) atoms. The summed E-state index contributed by atoms with van der Waals surface area (Å²) in [7, 11) is 0. The van der Waals surface area contributed by atoms with Gasteiger partial charge in [0.2, 0.25) is 11.3 Å². The Morgan fingerprint density at radius 3 is 2.56 bits per heavy atom. The van der Waals surface area contributed by atoms with Gasteiger partial charge in [0.15, 0.2) is 11.5 Å². The third kappa shape index (κ3) is 2.42. The van der Waals surface area contributed by atoms with Gasteiger partial charge < -0.3 is 21.9 Å². The molecule has 1 rings (SSSR count). The molecule has 8 heteroatoms. The van der Waals surface area contributed by atoms with Crippen LogP contribution in [0, 0.1) is 0 Å². The summed E-state index contributed by atoms with van der Waals surface area (Å²) in [6.45, 7) is 0.287. The van der Waals surface area contributed by atoms with Gasteiger partial charge in [-0.3, -0.25) is 9.79 Å². The quantitative estimate of drug-likeness (QED) is 0.137. The molecule has 0 aliphatic carbocycles. The second kappa shape index (κ2) is 4.67. The first-order valence-electron chi connectivity index (χ1n) is 4.61. The van der Waals surface area contributed by atoms with E-state index in [1.165, 1.54) is 0 Å². The summed E-state index contributed by atoms with van der Waals surface area (Å²) in [5.74, 6) is -1.48. The lowest BCUT2D eigenvalue weighted by Crippen LogP contribution is -2.51. The smallest absolute Gasteiger partial charge is 0.336 e. The molecule has 1 aliphatic heterocycles. The van der Waals surface area contributed by atoms with E-state index in [0.717, 1.165) is 0 Å². The predicted molar refractivity (Wildman–Crippen MR) is 57.6 cm³/mol. The van der Waals surface area contributed by atoms with Crippen LogP contribution in [0.4, 0.5) is 0 Å². The third-order valence-electron chi connectivity index (χ3n) is 2.24. The molecule has 0 aromatic heterocycles. The van der Waals surface area contributed by atoms with E-state index in [1.54, 1.807) is 0 Å². The summed E-state index contributed by atoms with van der Waals surface area (Å²) >= 11 is 5.47. The maximum atomic E-state index is 11.5. The molecule has 1 heterocycles. The predicted octanol–water partition coefficient (Wildman–Crippen LogP) is -1.57. The van der Waals surface area contributed by atoms with Crippen LogP contribution >= 0.6 is 11.6 Å². The molecule has 1 aliphatic rings. The average molecular weight is 249 g/mol. The third-order valence-corrected chi connectivity index (χ3v) is 2.53. The van der Waals surface area contributed by atoms with Gasteiger partial charge >= 0.3 is 5.97 Å². The molecular weight excluding hydrogens is 236 g/mol. The molecule has 0 aromatic rings. The number of ketones is 1. The van der Waals surface area contributed by atoms with Crippen LogP contribution in [0.15, 0.2) is 4.99 Å². The minimum atomic E-state index is -1.66. The average Bonchev–Trinajstić information content (AvgIpc) is 2.38. The van der Waals surface area contributed by atoms with Crippen molar-refractivity contribution in [2.75, 3.05) is 6.54 Å². The first-order valence-corrected chi connectivity index (χ1v) is 5.05. The Balaban J connectivity index is 2.55. The molecule has 0 saturated carbocycles. The zero-order valence-corrected chi connectivity index (χ0v) is 9.24. The van der Waals surface area contributed by atoms with Gasteiger partial charge in [-0.2, -0.15) is 0 Å². The number of rotatable bonds is 4. The molecule has 0 radical (unpaired) electrons. The summed E-state index contributed by atoms with van der Waals surface area (Å²) in [5, 5.41) is 0. The monoisotopic (exact) mass is 248 g/mol. The van der Waals surface area contributed by atoms with Crippen molar-refractivity contribution in [3.63, 3.8) is 0 Å². The summed E-state index contributed by atoms with van der Waals surface area (Å²) in [5.41, 5.74) is 12.9. The van der Waals surface area contributed by atoms with Crippen LogP contribution in [0.25, 0.3) is 0 Å². The van der Waals surface area contributed by atoms with Crippen molar-refractivity contribution >= 4 is 29.3 Å². The number of aliphatic imine (C=N–C) groups is 1. The number of carbonyl (C=O) groups is 2. The molecule has 7 nitrogen and oxygen atoms in total. The van der Waals surface area contributed by atoms with E-state index >= 15 is 0 Å². The van der Waals surface area contributed by atoms with Crippen LogP contribution in [0.3, 0.4) is 0 Å². The molecule has 90 valence electrons. The molecule has 1 saturated heterocycles. The fraction of sp³-hybridized carbons (Fsp3) is 0.625. The topological polar surface area (TPSA) is 134 Å². The van der Waals surface area contributed by atoms with E-state index in [2.05, 4.69) is 9.73 Å². The van der Waals surface area contributed by atoms with Gasteiger partial charge in [0, 0.05) is 6.54 Å². The van der Waals surface area contributed by atoms with Crippen molar-refractivity contribution in [1.82, 2.24) is 0 Å². The van der Waals surface area contributed by atoms with Crippen molar-refractivity contribution in [2.45, 2.75) is 23.9 Å². The van der Waals surface area contributed by atoms with Crippen LogP contribution in [0.5, 0.6) is 0 Å². The van der Waals surface area contributed by atoms with Gasteiger partial charge in [0.25, 0.3) is 0 Å². The number of halogens is 1. The zero-order chi connectivity index (χ0) is 12.3.